The minimum atomic E-state index is -0.948. The molecule has 4 atom stereocenters. The van der Waals surface area contributed by atoms with Gasteiger partial charge in [-0.1, -0.05) is 23.7 Å². The maximum absolute atomic E-state index is 12.8. The second-order valence-corrected chi connectivity index (χ2v) is 9.38. The van der Waals surface area contributed by atoms with Crippen molar-refractivity contribution < 1.29 is 33.6 Å². The monoisotopic (exact) mass is 493 g/mol. The van der Waals surface area contributed by atoms with Crippen LogP contribution in [0.15, 0.2) is 42.5 Å². The summed E-state index contributed by atoms with van der Waals surface area (Å²) >= 11 is 7.54. The number of carbonyl (C=O) groups is 2. The quantitative estimate of drug-likeness (QED) is 0.567. The summed E-state index contributed by atoms with van der Waals surface area (Å²) in [6, 6.07) is 12.4. The van der Waals surface area contributed by atoms with Gasteiger partial charge in [0.25, 0.3) is 5.91 Å². The molecule has 0 aliphatic carbocycles. The molecule has 0 aromatic heterocycles. The zero-order valence-corrected chi connectivity index (χ0v) is 19.4. The van der Waals surface area contributed by atoms with Crippen LogP contribution in [0, 0.1) is 0 Å². The van der Waals surface area contributed by atoms with E-state index in [0.717, 1.165) is 5.56 Å². The molecule has 10 heteroatoms. The first-order valence-electron chi connectivity index (χ1n) is 10.4. The lowest BCUT2D eigenvalue weighted by molar-refractivity contribution is -0.160. The van der Waals surface area contributed by atoms with Crippen LogP contribution in [0.3, 0.4) is 0 Å². The first-order valence-corrected chi connectivity index (χ1v) is 11.8. The summed E-state index contributed by atoms with van der Waals surface area (Å²) in [7, 11) is 0. The Labute approximate surface area is 200 Å². The molecule has 1 fully saturated rings. The molecule has 0 saturated carbocycles. The number of hydrogen-bond donors (Lipinski definition) is 2. The zero-order valence-electron chi connectivity index (χ0n) is 17.9. The largest absolute Gasteiger partial charge is 0.463 e. The van der Waals surface area contributed by atoms with Crippen LogP contribution in [0.2, 0.25) is 5.02 Å². The molecule has 0 spiro atoms. The van der Waals surface area contributed by atoms with Gasteiger partial charge >= 0.3 is 5.97 Å². The summed E-state index contributed by atoms with van der Waals surface area (Å²) in [5.41, 5.74) is 1.43. The van der Waals surface area contributed by atoms with E-state index in [2.05, 4.69) is 5.32 Å². The molecule has 0 radical (unpaired) electrons. The highest BCUT2D eigenvalue weighted by Gasteiger charge is 2.39. The van der Waals surface area contributed by atoms with E-state index in [9.17, 15) is 14.7 Å². The Kier molecular flexibility index (Phi) is 7.64. The molecule has 1 amide bonds. The Morgan fingerprint density at radius 1 is 1.18 bits per heavy atom. The molecule has 2 aromatic carbocycles. The fourth-order valence-electron chi connectivity index (χ4n) is 3.57. The number of aliphatic hydroxyl groups excluding tert-OH is 1. The summed E-state index contributed by atoms with van der Waals surface area (Å²) in [5.74, 6) is 0.882. The van der Waals surface area contributed by atoms with Crippen molar-refractivity contribution in [2.75, 3.05) is 13.4 Å². The average Bonchev–Trinajstić information content (AvgIpc) is 3.27. The number of thioether (sulfide) groups is 1. The van der Waals surface area contributed by atoms with Crippen LogP contribution in [0.25, 0.3) is 0 Å². The molecule has 33 heavy (non-hydrogen) atoms. The van der Waals surface area contributed by atoms with Crippen molar-refractivity contribution in [2.45, 2.75) is 42.8 Å². The van der Waals surface area contributed by atoms with E-state index >= 15 is 0 Å². The standard InChI is InChI=1S/C23H24ClNO7S/c1-13(26)29-10-20-21(33-11-14-2-5-16(24)6-3-14)9-17(27)23(32-20)25-22(28)15-4-7-18-19(8-15)31-12-30-18/h2-8,17,20-21,23,27H,9-12H2,1H3,(H,25,28)/t17?,20-,21?,23-/m1/s1. The van der Waals surface area contributed by atoms with E-state index in [1.54, 1.807) is 30.0 Å². The fourth-order valence-corrected chi connectivity index (χ4v) is 4.98. The van der Waals surface area contributed by atoms with E-state index in [-0.39, 0.29) is 18.6 Å². The highest BCUT2D eigenvalue weighted by Crippen LogP contribution is 2.34. The van der Waals surface area contributed by atoms with Crippen LogP contribution in [-0.2, 0) is 20.0 Å². The predicted octanol–water partition coefficient (Wildman–Crippen LogP) is 3.14. The number of fused-ring (bicyclic) bond motifs is 1. The van der Waals surface area contributed by atoms with Gasteiger partial charge in [-0.05, 0) is 42.3 Å². The van der Waals surface area contributed by atoms with E-state index in [4.69, 9.17) is 30.5 Å². The molecule has 2 unspecified atom stereocenters. The lowest BCUT2D eigenvalue weighted by Gasteiger charge is -2.39. The van der Waals surface area contributed by atoms with Crippen LogP contribution >= 0.6 is 23.4 Å². The molecular weight excluding hydrogens is 470 g/mol. The molecule has 4 rings (SSSR count). The number of amides is 1. The Morgan fingerprint density at radius 3 is 2.70 bits per heavy atom. The molecule has 0 bridgehead atoms. The lowest BCUT2D eigenvalue weighted by Crippen LogP contribution is -2.55. The minimum Gasteiger partial charge on any atom is -0.463 e. The van der Waals surface area contributed by atoms with Gasteiger partial charge in [-0.3, -0.25) is 9.59 Å². The molecule has 2 aliphatic rings. The molecule has 2 N–H and O–H groups in total. The molecule has 2 aliphatic heterocycles. The Bertz CT molecular complexity index is 1000. The van der Waals surface area contributed by atoms with Gasteiger partial charge in [0.15, 0.2) is 17.7 Å². The smallest absolute Gasteiger partial charge is 0.302 e. The number of rotatable bonds is 7. The number of halogens is 1. The van der Waals surface area contributed by atoms with Crippen molar-refractivity contribution in [3.05, 3.63) is 58.6 Å². The SMILES string of the molecule is CC(=O)OC[C@H]1O[C@@H](NC(=O)c2ccc3c(c2)OCO3)C(O)CC1SCc1ccc(Cl)cc1. The minimum absolute atomic E-state index is 0.0245. The fraction of sp³-hybridized carbons (Fsp3) is 0.391. The summed E-state index contributed by atoms with van der Waals surface area (Å²) in [6.45, 7) is 1.46. The normalized spacial score (nSPS) is 23.7. The molecule has 176 valence electrons. The van der Waals surface area contributed by atoms with Crippen LogP contribution < -0.4 is 14.8 Å². The highest BCUT2D eigenvalue weighted by molar-refractivity contribution is 7.99. The molecule has 8 nitrogen and oxygen atoms in total. The average molecular weight is 494 g/mol. The summed E-state index contributed by atoms with van der Waals surface area (Å²) < 4.78 is 21.8. The summed E-state index contributed by atoms with van der Waals surface area (Å²) in [6.07, 6.45) is -2.03. The molecule has 2 heterocycles. The Morgan fingerprint density at radius 2 is 1.94 bits per heavy atom. The third-order valence-corrected chi connectivity index (χ3v) is 6.97. The second kappa shape index (κ2) is 10.6. The number of esters is 1. The van der Waals surface area contributed by atoms with Gasteiger partial charge in [-0.15, -0.1) is 0 Å². The van der Waals surface area contributed by atoms with Crippen molar-refractivity contribution >= 4 is 35.2 Å². The van der Waals surface area contributed by atoms with Gasteiger partial charge in [-0.25, -0.2) is 0 Å². The maximum Gasteiger partial charge on any atom is 0.302 e. The number of hydrogen-bond acceptors (Lipinski definition) is 8. The van der Waals surface area contributed by atoms with Gasteiger partial charge in [0.05, 0.1) is 6.10 Å². The van der Waals surface area contributed by atoms with Crippen LogP contribution in [0.1, 0.15) is 29.3 Å². The second-order valence-electron chi connectivity index (χ2n) is 7.72. The molecular formula is C23H24ClNO7S. The zero-order chi connectivity index (χ0) is 23.4. The topological polar surface area (TPSA) is 103 Å². The first kappa shape index (κ1) is 23.7. The van der Waals surface area contributed by atoms with Gasteiger partial charge in [0.1, 0.15) is 12.7 Å². The highest BCUT2D eigenvalue weighted by atomic mass is 35.5. The van der Waals surface area contributed by atoms with Crippen molar-refractivity contribution in [1.82, 2.24) is 5.32 Å². The van der Waals surface area contributed by atoms with Crippen LogP contribution in [-0.4, -0.2) is 54.1 Å². The van der Waals surface area contributed by atoms with E-state index in [0.29, 0.717) is 34.3 Å². The Balaban J connectivity index is 1.40. The van der Waals surface area contributed by atoms with Gasteiger partial charge < -0.3 is 29.4 Å². The van der Waals surface area contributed by atoms with E-state index in [1.807, 2.05) is 24.3 Å². The Hall–Kier alpha value is -2.46. The number of nitrogens with one attached hydrogen (secondary N) is 1. The lowest BCUT2D eigenvalue weighted by atomic mass is 10.0. The molecule has 2 aromatic rings. The van der Waals surface area contributed by atoms with Crippen LogP contribution in [0.5, 0.6) is 11.5 Å². The third kappa shape index (κ3) is 6.11. The number of ether oxygens (including phenoxy) is 4. The molecule has 1 saturated heterocycles. The van der Waals surface area contributed by atoms with E-state index in [1.165, 1.54) is 6.92 Å². The van der Waals surface area contributed by atoms with Crippen molar-refractivity contribution in [3.8, 4) is 11.5 Å². The van der Waals surface area contributed by atoms with Crippen molar-refractivity contribution in [2.24, 2.45) is 0 Å². The van der Waals surface area contributed by atoms with Crippen LogP contribution in [0.4, 0.5) is 0 Å². The van der Waals surface area contributed by atoms with Gasteiger partial charge in [-0.2, -0.15) is 11.8 Å². The predicted molar refractivity (Wildman–Crippen MR) is 122 cm³/mol. The maximum atomic E-state index is 12.8. The number of benzene rings is 2. The number of carbonyl (C=O) groups excluding carboxylic acids is 2. The first-order chi connectivity index (χ1) is 15.9. The third-order valence-electron chi connectivity index (χ3n) is 5.30. The number of aliphatic hydroxyl groups is 1. The van der Waals surface area contributed by atoms with Crippen molar-refractivity contribution in [1.29, 1.82) is 0 Å². The summed E-state index contributed by atoms with van der Waals surface area (Å²) in [5, 5.41) is 13.9. The van der Waals surface area contributed by atoms with Gasteiger partial charge in [0.2, 0.25) is 6.79 Å². The van der Waals surface area contributed by atoms with Crippen molar-refractivity contribution in [3.63, 3.8) is 0 Å². The van der Waals surface area contributed by atoms with E-state index < -0.39 is 30.3 Å². The van der Waals surface area contributed by atoms with Gasteiger partial charge in [0, 0.05) is 28.5 Å². The summed E-state index contributed by atoms with van der Waals surface area (Å²) in [4.78, 5) is 24.1.